The van der Waals surface area contributed by atoms with Gasteiger partial charge >= 0.3 is 0 Å². The molecule has 0 bridgehead atoms. The molecule has 0 aliphatic heterocycles. The first-order valence-corrected chi connectivity index (χ1v) is 6.35. The molecule has 16 heavy (non-hydrogen) atoms. The lowest BCUT2D eigenvalue weighted by atomic mass is 10.2. The second kappa shape index (κ2) is 4.95. The Bertz CT molecular complexity index is 481. The molecule has 0 radical (unpaired) electrons. The van der Waals surface area contributed by atoms with Gasteiger partial charge in [-0.3, -0.25) is 0 Å². The van der Waals surface area contributed by atoms with E-state index in [-0.39, 0.29) is 0 Å². The van der Waals surface area contributed by atoms with Crippen molar-refractivity contribution in [3.05, 3.63) is 33.7 Å². The quantitative estimate of drug-likeness (QED) is 0.947. The van der Waals surface area contributed by atoms with Crippen LogP contribution in [0.25, 0.3) is 10.6 Å². The van der Waals surface area contributed by atoms with Crippen molar-refractivity contribution < 1.29 is 4.74 Å². The average Bonchev–Trinajstić information content (AvgIpc) is 2.71. The standard InChI is InChI=1S/C11H11BrN2OS/c1-15-8-4-2-7(3-5-8)11-14-10(12)9(6-13)16-11/h2-5H,6,13H2,1H3. The van der Waals surface area contributed by atoms with Gasteiger partial charge < -0.3 is 10.5 Å². The number of aromatic nitrogens is 1. The lowest BCUT2D eigenvalue weighted by molar-refractivity contribution is 0.415. The van der Waals surface area contributed by atoms with E-state index >= 15 is 0 Å². The number of nitrogens with two attached hydrogens (primary N) is 1. The normalized spacial score (nSPS) is 10.4. The number of hydrogen-bond donors (Lipinski definition) is 1. The van der Waals surface area contributed by atoms with Crippen molar-refractivity contribution in [3.63, 3.8) is 0 Å². The molecule has 0 atom stereocenters. The Morgan fingerprint density at radius 1 is 1.38 bits per heavy atom. The molecular formula is C11H11BrN2OS. The molecule has 0 aliphatic rings. The number of benzene rings is 1. The largest absolute Gasteiger partial charge is 0.497 e. The van der Waals surface area contributed by atoms with Gasteiger partial charge in [0.2, 0.25) is 0 Å². The summed E-state index contributed by atoms with van der Waals surface area (Å²) in [6.07, 6.45) is 0. The van der Waals surface area contributed by atoms with E-state index in [4.69, 9.17) is 10.5 Å². The monoisotopic (exact) mass is 298 g/mol. The van der Waals surface area contributed by atoms with Crippen LogP contribution < -0.4 is 10.5 Å². The smallest absolute Gasteiger partial charge is 0.124 e. The summed E-state index contributed by atoms with van der Waals surface area (Å²) in [5.41, 5.74) is 6.68. The summed E-state index contributed by atoms with van der Waals surface area (Å²) >= 11 is 5.00. The topological polar surface area (TPSA) is 48.1 Å². The Kier molecular flexibility index (Phi) is 3.58. The highest BCUT2D eigenvalue weighted by molar-refractivity contribution is 9.10. The van der Waals surface area contributed by atoms with Crippen LogP contribution in [0.15, 0.2) is 28.9 Å². The summed E-state index contributed by atoms with van der Waals surface area (Å²) in [6.45, 7) is 0.508. The minimum absolute atomic E-state index is 0.508. The van der Waals surface area contributed by atoms with E-state index < -0.39 is 0 Å². The summed E-state index contributed by atoms with van der Waals surface area (Å²) < 4.78 is 5.95. The van der Waals surface area contributed by atoms with Gasteiger partial charge in [-0.2, -0.15) is 0 Å². The maximum absolute atomic E-state index is 5.61. The van der Waals surface area contributed by atoms with Gasteiger partial charge in [0, 0.05) is 12.1 Å². The summed E-state index contributed by atoms with van der Waals surface area (Å²) in [6, 6.07) is 7.83. The Morgan fingerprint density at radius 3 is 2.56 bits per heavy atom. The molecule has 5 heteroatoms. The highest BCUT2D eigenvalue weighted by atomic mass is 79.9. The van der Waals surface area contributed by atoms with E-state index in [0.29, 0.717) is 6.54 Å². The number of rotatable bonds is 3. The van der Waals surface area contributed by atoms with Gasteiger partial charge in [-0.15, -0.1) is 11.3 Å². The first-order valence-electron chi connectivity index (χ1n) is 4.74. The highest BCUT2D eigenvalue weighted by Crippen LogP contribution is 2.31. The Hall–Kier alpha value is -0.910. The van der Waals surface area contributed by atoms with Crippen molar-refractivity contribution >= 4 is 27.3 Å². The summed E-state index contributed by atoms with van der Waals surface area (Å²) in [4.78, 5) is 5.48. The van der Waals surface area contributed by atoms with Crippen LogP contribution in [0.1, 0.15) is 4.88 Å². The van der Waals surface area contributed by atoms with Crippen molar-refractivity contribution in [1.29, 1.82) is 0 Å². The number of ether oxygens (including phenoxy) is 1. The third-order valence-corrected chi connectivity index (χ3v) is 4.22. The number of thiazole rings is 1. The molecule has 84 valence electrons. The molecule has 0 saturated carbocycles. The van der Waals surface area contributed by atoms with Crippen LogP contribution in [0.4, 0.5) is 0 Å². The third-order valence-electron chi connectivity index (χ3n) is 2.17. The Balaban J connectivity index is 2.34. The molecule has 3 nitrogen and oxygen atoms in total. The number of nitrogens with zero attached hydrogens (tertiary/aromatic N) is 1. The third kappa shape index (κ3) is 2.26. The van der Waals surface area contributed by atoms with Crippen LogP contribution in [0.3, 0.4) is 0 Å². The van der Waals surface area contributed by atoms with Crippen LogP contribution in [0, 0.1) is 0 Å². The van der Waals surface area contributed by atoms with Crippen LogP contribution in [-0.4, -0.2) is 12.1 Å². The van der Waals surface area contributed by atoms with Crippen molar-refractivity contribution in [2.75, 3.05) is 7.11 Å². The van der Waals surface area contributed by atoms with Crippen LogP contribution in [0.5, 0.6) is 5.75 Å². The molecule has 2 aromatic rings. The molecule has 1 aromatic carbocycles. The Morgan fingerprint density at radius 2 is 2.06 bits per heavy atom. The van der Waals surface area contributed by atoms with E-state index in [1.807, 2.05) is 24.3 Å². The fraction of sp³-hybridized carbons (Fsp3) is 0.182. The van der Waals surface area contributed by atoms with Gasteiger partial charge in [0.1, 0.15) is 15.4 Å². The Labute approximate surface area is 106 Å². The summed E-state index contributed by atoms with van der Waals surface area (Å²) in [7, 11) is 1.65. The molecule has 1 aromatic heterocycles. The number of hydrogen-bond acceptors (Lipinski definition) is 4. The second-order valence-electron chi connectivity index (χ2n) is 3.17. The first kappa shape index (κ1) is 11.6. The van der Waals surface area contributed by atoms with Gasteiger partial charge in [0.05, 0.1) is 12.0 Å². The molecule has 0 spiro atoms. The predicted molar refractivity (Wildman–Crippen MR) is 69.7 cm³/mol. The first-order chi connectivity index (χ1) is 7.74. The van der Waals surface area contributed by atoms with Crippen LogP contribution in [0.2, 0.25) is 0 Å². The molecule has 1 heterocycles. The molecule has 0 amide bonds. The zero-order valence-electron chi connectivity index (χ0n) is 8.74. The summed E-state index contributed by atoms with van der Waals surface area (Å²) in [5, 5.41) is 0.968. The number of methoxy groups -OCH3 is 1. The van der Waals surface area contributed by atoms with Gasteiger partial charge in [-0.1, -0.05) is 0 Å². The SMILES string of the molecule is COc1ccc(-c2nc(Br)c(CN)s2)cc1. The molecule has 0 unspecified atom stereocenters. The van der Waals surface area contributed by atoms with Crippen molar-refractivity contribution in [2.45, 2.75) is 6.54 Å². The zero-order chi connectivity index (χ0) is 11.5. The second-order valence-corrected chi connectivity index (χ2v) is 5.00. The van der Waals surface area contributed by atoms with Gasteiger partial charge in [-0.05, 0) is 40.2 Å². The van der Waals surface area contributed by atoms with Crippen molar-refractivity contribution in [1.82, 2.24) is 4.98 Å². The van der Waals surface area contributed by atoms with Gasteiger partial charge in [0.25, 0.3) is 0 Å². The van der Waals surface area contributed by atoms with E-state index in [2.05, 4.69) is 20.9 Å². The molecule has 0 saturated heterocycles. The minimum Gasteiger partial charge on any atom is -0.497 e. The fourth-order valence-electron chi connectivity index (χ4n) is 1.32. The van der Waals surface area contributed by atoms with Crippen molar-refractivity contribution in [2.24, 2.45) is 5.73 Å². The molecule has 2 rings (SSSR count). The predicted octanol–water partition coefficient (Wildman–Crippen LogP) is 3.04. The van der Waals surface area contributed by atoms with Crippen LogP contribution >= 0.6 is 27.3 Å². The molecule has 2 N–H and O–H groups in total. The fourth-order valence-corrected chi connectivity index (χ4v) is 2.85. The zero-order valence-corrected chi connectivity index (χ0v) is 11.1. The maximum atomic E-state index is 5.61. The summed E-state index contributed by atoms with van der Waals surface area (Å²) in [5.74, 6) is 0.846. The number of halogens is 1. The van der Waals surface area contributed by atoms with E-state index in [1.165, 1.54) is 0 Å². The molecular weight excluding hydrogens is 288 g/mol. The van der Waals surface area contributed by atoms with E-state index in [0.717, 1.165) is 25.8 Å². The van der Waals surface area contributed by atoms with E-state index in [1.54, 1.807) is 18.4 Å². The van der Waals surface area contributed by atoms with Crippen molar-refractivity contribution in [3.8, 4) is 16.3 Å². The van der Waals surface area contributed by atoms with Gasteiger partial charge in [-0.25, -0.2) is 4.98 Å². The maximum Gasteiger partial charge on any atom is 0.124 e. The molecule has 0 fully saturated rings. The lowest BCUT2D eigenvalue weighted by Gasteiger charge is -1.99. The van der Waals surface area contributed by atoms with Crippen LogP contribution in [-0.2, 0) is 6.54 Å². The average molecular weight is 299 g/mol. The van der Waals surface area contributed by atoms with E-state index in [9.17, 15) is 0 Å². The molecule has 0 aliphatic carbocycles. The van der Waals surface area contributed by atoms with Gasteiger partial charge in [0.15, 0.2) is 0 Å². The highest BCUT2D eigenvalue weighted by Gasteiger charge is 2.09. The minimum atomic E-state index is 0.508. The lowest BCUT2D eigenvalue weighted by Crippen LogP contribution is -1.92.